The summed E-state index contributed by atoms with van der Waals surface area (Å²) in [5.41, 5.74) is 0.809. The molecule has 19 heavy (non-hydrogen) atoms. The van der Waals surface area contributed by atoms with Gasteiger partial charge in [-0.2, -0.15) is 0 Å². The van der Waals surface area contributed by atoms with Gasteiger partial charge in [-0.15, -0.1) is 0 Å². The number of nitrogens with zero attached hydrogens (tertiary/aromatic N) is 1. The molecule has 1 aromatic heterocycles. The summed E-state index contributed by atoms with van der Waals surface area (Å²) in [7, 11) is 1.57. The largest absolute Gasteiger partial charge is 0.496 e. The van der Waals surface area contributed by atoms with E-state index in [9.17, 15) is 9.59 Å². The van der Waals surface area contributed by atoms with Crippen LogP contribution >= 0.6 is 11.6 Å². The van der Waals surface area contributed by atoms with E-state index in [2.05, 4.69) is 4.98 Å². The lowest BCUT2D eigenvalue weighted by Crippen LogP contribution is -2.30. The Morgan fingerprint density at radius 2 is 2.11 bits per heavy atom. The van der Waals surface area contributed by atoms with Crippen molar-refractivity contribution in [1.29, 1.82) is 0 Å². The SMILES string of the molecule is COc1ccc(C)cc1Cn1cc(Cl)c(=O)[nH]c1=O. The minimum absolute atomic E-state index is 0.0220. The van der Waals surface area contributed by atoms with Crippen LogP contribution in [0.25, 0.3) is 0 Å². The van der Waals surface area contributed by atoms with E-state index >= 15 is 0 Å². The molecule has 100 valence electrons. The van der Waals surface area contributed by atoms with Crippen LogP contribution in [0.2, 0.25) is 5.02 Å². The first kappa shape index (κ1) is 13.4. The molecule has 0 amide bonds. The van der Waals surface area contributed by atoms with Gasteiger partial charge in [0.2, 0.25) is 0 Å². The number of hydrogen-bond acceptors (Lipinski definition) is 3. The van der Waals surface area contributed by atoms with E-state index in [1.165, 1.54) is 10.8 Å². The third kappa shape index (κ3) is 2.88. The van der Waals surface area contributed by atoms with Gasteiger partial charge in [0.15, 0.2) is 0 Å². The van der Waals surface area contributed by atoms with Crippen molar-refractivity contribution in [3.05, 3.63) is 61.4 Å². The highest BCUT2D eigenvalue weighted by Gasteiger charge is 2.07. The van der Waals surface area contributed by atoms with Crippen molar-refractivity contribution >= 4 is 11.6 Å². The molecule has 1 heterocycles. The second-order valence-electron chi connectivity index (χ2n) is 4.18. The minimum atomic E-state index is -0.584. The number of nitrogens with one attached hydrogen (secondary N) is 1. The predicted molar refractivity (Wildman–Crippen MR) is 73.2 cm³/mol. The van der Waals surface area contributed by atoms with Gasteiger partial charge in [-0.25, -0.2) is 4.79 Å². The molecule has 1 N–H and O–H groups in total. The first-order chi connectivity index (χ1) is 9.01. The van der Waals surface area contributed by atoms with Crippen LogP contribution in [-0.2, 0) is 6.54 Å². The smallest absolute Gasteiger partial charge is 0.328 e. The number of methoxy groups -OCH3 is 1. The lowest BCUT2D eigenvalue weighted by molar-refractivity contribution is 0.408. The van der Waals surface area contributed by atoms with E-state index in [0.717, 1.165) is 11.1 Å². The van der Waals surface area contributed by atoms with Gasteiger partial charge in [0, 0.05) is 11.8 Å². The van der Waals surface area contributed by atoms with Crippen LogP contribution in [0.15, 0.2) is 34.0 Å². The second kappa shape index (κ2) is 5.32. The lowest BCUT2D eigenvalue weighted by atomic mass is 10.1. The summed E-state index contributed by atoms with van der Waals surface area (Å²) in [6.45, 7) is 2.23. The Hall–Kier alpha value is -2.01. The van der Waals surface area contributed by atoms with E-state index in [1.54, 1.807) is 7.11 Å². The molecule has 0 atom stereocenters. The Kier molecular flexibility index (Phi) is 3.76. The molecule has 0 spiro atoms. The van der Waals surface area contributed by atoms with Gasteiger partial charge in [-0.05, 0) is 13.0 Å². The molecule has 0 unspecified atom stereocenters. The fourth-order valence-corrected chi connectivity index (χ4v) is 1.98. The molecule has 0 bridgehead atoms. The second-order valence-corrected chi connectivity index (χ2v) is 4.59. The molecule has 0 saturated heterocycles. The van der Waals surface area contributed by atoms with Crippen LogP contribution < -0.4 is 16.0 Å². The summed E-state index contributed by atoms with van der Waals surface area (Å²) in [5.74, 6) is 0.680. The van der Waals surface area contributed by atoms with Gasteiger partial charge in [-0.1, -0.05) is 29.3 Å². The van der Waals surface area contributed by atoms with Gasteiger partial charge in [0.05, 0.1) is 13.7 Å². The molecule has 6 heteroatoms. The number of aryl methyl sites for hydroxylation is 1. The molecule has 0 saturated carbocycles. The molecule has 0 aliphatic rings. The average molecular weight is 281 g/mol. The average Bonchev–Trinajstić information content (AvgIpc) is 2.36. The highest BCUT2D eigenvalue weighted by molar-refractivity contribution is 6.30. The number of halogens is 1. The summed E-state index contributed by atoms with van der Waals surface area (Å²) < 4.78 is 6.58. The molecular formula is C13H13ClN2O3. The van der Waals surface area contributed by atoms with Crippen molar-refractivity contribution in [2.75, 3.05) is 7.11 Å². The van der Waals surface area contributed by atoms with Crippen molar-refractivity contribution in [2.45, 2.75) is 13.5 Å². The first-order valence-corrected chi connectivity index (χ1v) is 6.02. The normalized spacial score (nSPS) is 10.5. The summed E-state index contributed by atoms with van der Waals surface area (Å²) in [5, 5.41) is -0.0220. The maximum Gasteiger partial charge on any atom is 0.328 e. The van der Waals surface area contributed by atoms with Crippen molar-refractivity contribution in [3.63, 3.8) is 0 Å². The molecule has 0 aliphatic heterocycles. The number of hydrogen-bond donors (Lipinski definition) is 1. The van der Waals surface area contributed by atoms with Crippen LogP contribution in [-0.4, -0.2) is 16.7 Å². The van der Waals surface area contributed by atoms with E-state index in [1.807, 2.05) is 25.1 Å². The third-order valence-corrected chi connectivity index (χ3v) is 3.01. The molecule has 1 aromatic carbocycles. The number of rotatable bonds is 3. The summed E-state index contributed by atoms with van der Waals surface area (Å²) >= 11 is 5.72. The quantitative estimate of drug-likeness (QED) is 0.928. The number of benzene rings is 1. The molecule has 2 rings (SSSR count). The number of H-pyrrole nitrogens is 1. The zero-order chi connectivity index (χ0) is 14.0. The van der Waals surface area contributed by atoms with Crippen LogP contribution in [0.5, 0.6) is 5.75 Å². The summed E-state index contributed by atoms with van der Waals surface area (Å²) in [6.07, 6.45) is 1.32. The van der Waals surface area contributed by atoms with Crippen LogP contribution in [0.1, 0.15) is 11.1 Å². The van der Waals surface area contributed by atoms with Gasteiger partial charge >= 0.3 is 5.69 Å². The summed E-state index contributed by atoms with van der Waals surface area (Å²) in [4.78, 5) is 25.0. The number of aromatic amines is 1. The molecule has 0 fully saturated rings. The first-order valence-electron chi connectivity index (χ1n) is 5.64. The van der Waals surface area contributed by atoms with Gasteiger partial charge in [0.25, 0.3) is 5.56 Å². The topological polar surface area (TPSA) is 64.1 Å². The Labute approximate surface area is 114 Å². The molecule has 0 radical (unpaired) electrons. The summed E-state index contributed by atoms with van der Waals surface area (Å²) in [6, 6.07) is 5.68. The monoisotopic (exact) mass is 280 g/mol. The van der Waals surface area contributed by atoms with Crippen LogP contribution in [0.3, 0.4) is 0 Å². The maximum absolute atomic E-state index is 11.7. The zero-order valence-electron chi connectivity index (χ0n) is 10.6. The highest BCUT2D eigenvalue weighted by Crippen LogP contribution is 2.20. The van der Waals surface area contributed by atoms with E-state index < -0.39 is 11.2 Å². The van der Waals surface area contributed by atoms with Crippen LogP contribution in [0, 0.1) is 6.92 Å². The van der Waals surface area contributed by atoms with Gasteiger partial charge < -0.3 is 4.74 Å². The van der Waals surface area contributed by atoms with Gasteiger partial charge in [-0.3, -0.25) is 14.3 Å². The number of aromatic nitrogens is 2. The minimum Gasteiger partial charge on any atom is -0.496 e. The maximum atomic E-state index is 11.7. The molecule has 2 aromatic rings. The Morgan fingerprint density at radius 3 is 2.79 bits per heavy atom. The van der Waals surface area contributed by atoms with E-state index in [0.29, 0.717) is 5.75 Å². The van der Waals surface area contributed by atoms with Gasteiger partial charge in [0.1, 0.15) is 10.8 Å². The van der Waals surface area contributed by atoms with Crippen molar-refractivity contribution in [3.8, 4) is 5.75 Å². The van der Waals surface area contributed by atoms with E-state index in [4.69, 9.17) is 16.3 Å². The fourth-order valence-electron chi connectivity index (χ4n) is 1.81. The molecule has 5 nitrogen and oxygen atoms in total. The zero-order valence-corrected chi connectivity index (χ0v) is 11.3. The predicted octanol–water partition coefficient (Wildman–Crippen LogP) is 1.56. The van der Waals surface area contributed by atoms with Crippen molar-refractivity contribution in [1.82, 2.24) is 9.55 Å². The Morgan fingerprint density at radius 1 is 1.37 bits per heavy atom. The Bertz CT molecular complexity index is 719. The van der Waals surface area contributed by atoms with Crippen molar-refractivity contribution in [2.24, 2.45) is 0 Å². The van der Waals surface area contributed by atoms with Crippen molar-refractivity contribution < 1.29 is 4.74 Å². The Balaban J connectivity index is 2.47. The highest BCUT2D eigenvalue weighted by atomic mass is 35.5. The number of ether oxygens (including phenoxy) is 1. The van der Waals surface area contributed by atoms with E-state index in [-0.39, 0.29) is 11.6 Å². The van der Waals surface area contributed by atoms with Crippen LogP contribution in [0.4, 0.5) is 0 Å². The fraction of sp³-hybridized carbons (Fsp3) is 0.231. The standard InChI is InChI=1S/C13H13ClN2O3/c1-8-3-4-11(19-2)9(5-8)6-16-7-10(14)12(17)15-13(16)18/h3-5,7H,6H2,1-2H3,(H,15,17,18). The lowest BCUT2D eigenvalue weighted by Gasteiger charge is -2.11. The molecular weight excluding hydrogens is 268 g/mol. The molecule has 0 aliphatic carbocycles. The third-order valence-electron chi connectivity index (χ3n) is 2.74.